The Morgan fingerprint density at radius 3 is 2.33 bits per heavy atom. The fourth-order valence-electron chi connectivity index (χ4n) is 1.68. The average molecular weight is 202 g/mol. The topological polar surface area (TPSA) is 52.0 Å². The molecule has 2 rings (SSSR count). The number of hydrogen-bond donors (Lipinski definition) is 2. The summed E-state index contributed by atoms with van der Waals surface area (Å²) >= 11 is 0. The zero-order valence-electron chi connectivity index (χ0n) is 7.98. The van der Waals surface area contributed by atoms with Crippen molar-refractivity contribution in [2.24, 2.45) is 11.5 Å². The number of hydrogen-bond acceptors (Lipinski definition) is 2. The van der Waals surface area contributed by atoms with Crippen molar-refractivity contribution in [2.75, 3.05) is 0 Å². The highest BCUT2D eigenvalue weighted by atomic mass is 15.0. The van der Waals surface area contributed by atoms with Crippen LogP contribution in [0.4, 0.5) is 0 Å². The van der Waals surface area contributed by atoms with E-state index >= 15 is 0 Å². The smallest absolute Gasteiger partial charge is 0.0940 e. The molecule has 0 unspecified atom stereocenters. The molecule has 0 atom stereocenters. The first-order valence-corrected chi connectivity index (χ1v) is 4.71. The summed E-state index contributed by atoms with van der Waals surface area (Å²) in [5.74, 6) is 0. The standard InChI is InChI=1S/C12H14N2.CH4/c13-12(14)9-5-4-8-11(12)10-6-2-1-3-7-10;/h1-8H,9,13-14H2;1H4. The molecular weight excluding hydrogens is 184 g/mol. The Labute approximate surface area is 91.3 Å². The van der Waals surface area contributed by atoms with E-state index in [4.69, 9.17) is 11.5 Å². The van der Waals surface area contributed by atoms with Crippen LogP contribution in [0.2, 0.25) is 0 Å². The minimum absolute atomic E-state index is 0. The van der Waals surface area contributed by atoms with E-state index in [2.05, 4.69) is 0 Å². The first kappa shape index (κ1) is 11.7. The van der Waals surface area contributed by atoms with E-state index in [1.807, 2.05) is 48.6 Å². The van der Waals surface area contributed by atoms with Crippen LogP contribution < -0.4 is 11.5 Å². The Balaban J connectivity index is 0.00000112. The van der Waals surface area contributed by atoms with Crippen molar-refractivity contribution in [2.45, 2.75) is 19.5 Å². The zero-order valence-corrected chi connectivity index (χ0v) is 7.98. The van der Waals surface area contributed by atoms with E-state index in [9.17, 15) is 0 Å². The van der Waals surface area contributed by atoms with Gasteiger partial charge in [0.05, 0.1) is 5.66 Å². The van der Waals surface area contributed by atoms with Gasteiger partial charge in [-0.2, -0.15) is 0 Å². The van der Waals surface area contributed by atoms with Crippen molar-refractivity contribution in [3.05, 3.63) is 54.1 Å². The van der Waals surface area contributed by atoms with Crippen LogP contribution in [0.25, 0.3) is 5.57 Å². The molecule has 0 heterocycles. The SMILES string of the molecule is C.NC1(N)CC=CC=C1c1ccccc1. The molecule has 0 saturated carbocycles. The molecule has 0 aromatic heterocycles. The Morgan fingerprint density at radius 2 is 1.73 bits per heavy atom. The van der Waals surface area contributed by atoms with Gasteiger partial charge in [-0.15, -0.1) is 0 Å². The average Bonchev–Trinajstić information content (AvgIpc) is 2.18. The highest BCUT2D eigenvalue weighted by Crippen LogP contribution is 2.27. The Bertz CT molecular complexity index is 375. The lowest BCUT2D eigenvalue weighted by molar-refractivity contribution is 0.577. The first-order chi connectivity index (χ1) is 6.70. The van der Waals surface area contributed by atoms with Crippen molar-refractivity contribution in [1.82, 2.24) is 0 Å². The van der Waals surface area contributed by atoms with Crippen LogP contribution in [-0.2, 0) is 0 Å². The van der Waals surface area contributed by atoms with Crippen LogP contribution >= 0.6 is 0 Å². The normalized spacial score (nSPS) is 17.9. The van der Waals surface area contributed by atoms with Crippen LogP contribution in [0, 0.1) is 0 Å². The minimum Gasteiger partial charge on any atom is -0.309 e. The van der Waals surface area contributed by atoms with Crippen LogP contribution in [-0.4, -0.2) is 5.66 Å². The van der Waals surface area contributed by atoms with Gasteiger partial charge in [0.2, 0.25) is 0 Å². The number of allylic oxidation sites excluding steroid dienone is 2. The number of rotatable bonds is 1. The predicted octanol–water partition coefficient (Wildman–Crippen LogP) is 2.28. The maximum Gasteiger partial charge on any atom is 0.0940 e. The van der Waals surface area contributed by atoms with Gasteiger partial charge >= 0.3 is 0 Å². The summed E-state index contributed by atoms with van der Waals surface area (Å²) in [6, 6.07) is 10.0. The quantitative estimate of drug-likeness (QED) is 0.686. The lowest BCUT2D eigenvalue weighted by atomic mass is 9.88. The maximum absolute atomic E-state index is 6.01. The third-order valence-electron chi connectivity index (χ3n) is 2.44. The molecule has 2 nitrogen and oxygen atoms in total. The molecule has 0 spiro atoms. The molecule has 0 aliphatic heterocycles. The number of benzene rings is 1. The third-order valence-corrected chi connectivity index (χ3v) is 2.44. The summed E-state index contributed by atoms with van der Waals surface area (Å²) in [5.41, 5.74) is 13.4. The molecule has 0 bridgehead atoms. The van der Waals surface area contributed by atoms with E-state index in [1.165, 1.54) is 0 Å². The van der Waals surface area contributed by atoms with Crippen molar-refractivity contribution < 1.29 is 0 Å². The monoisotopic (exact) mass is 202 g/mol. The second-order valence-corrected chi connectivity index (χ2v) is 3.62. The summed E-state index contributed by atoms with van der Waals surface area (Å²) in [6.07, 6.45) is 6.67. The van der Waals surface area contributed by atoms with Gasteiger partial charge in [-0.3, -0.25) is 0 Å². The fourth-order valence-corrected chi connectivity index (χ4v) is 1.68. The highest BCUT2D eigenvalue weighted by molar-refractivity contribution is 5.74. The second kappa shape index (κ2) is 4.43. The van der Waals surface area contributed by atoms with Gasteiger partial charge in [-0.25, -0.2) is 0 Å². The number of nitrogens with two attached hydrogens (primary N) is 2. The predicted molar refractivity (Wildman–Crippen MR) is 66.0 cm³/mol. The second-order valence-electron chi connectivity index (χ2n) is 3.62. The zero-order chi connectivity index (χ0) is 10.0. The van der Waals surface area contributed by atoms with Gasteiger partial charge in [0.15, 0.2) is 0 Å². The minimum atomic E-state index is -0.726. The largest absolute Gasteiger partial charge is 0.309 e. The third kappa shape index (κ3) is 2.35. The van der Waals surface area contributed by atoms with E-state index in [0.29, 0.717) is 6.42 Å². The summed E-state index contributed by atoms with van der Waals surface area (Å²) < 4.78 is 0. The van der Waals surface area contributed by atoms with Gasteiger partial charge in [-0.1, -0.05) is 56.0 Å². The summed E-state index contributed by atoms with van der Waals surface area (Å²) in [7, 11) is 0. The highest BCUT2D eigenvalue weighted by Gasteiger charge is 2.25. The van der Waals surface area contributed by atoms with Crippen molar-refractivity contribution in [1.29, 1.82) is 0 Å². The maximum atomic E-state index is 6.01. The van der Waals surface area contributed by atoms with E-state index < -0.39 is 5.66 Å². The van der Waals surface area contributed by atoms with Crippen LogP contribution in [0.3, 0.4) is 0 Å². The summed E-state index contributed by atoms with van der Waals surface area (Å²) in [4.78, 5) is 0. The fraction of sp³-hybridized carbons (Fsp3) is 0.231. The lowest BCUT2D eigenvalue weighted by Gasteiger charge is -2.29. The molecule has 2 heteroatoms. The Morgan fingerprint density at radius 1 is 1.07 bits per heavy atom. The molecule has 1 aliphatic carbocycles. The molecule has 0 saturated heterocycles. The van der Waals surface area contributed by atoms with E-state index in [0.717, 1.165) is 11.1 Å². The van der Waals surface area contributed by atoms with Gasteiger partial charge in [0.25, 0.3) is 0 Å². The molecule has 0 radical (unpaired) electrons. The molecule has 0 fully saturated rings. The first-order valence-electron chi connectivity index (χ1n) is 4.71. The lowest BCUT2D eigenvalue weighted by Crippen LogP contribution is -2.50. The Kier molecular flexibility index (Phi) is 3.45. The molecule has 15 heavy (non-hydrogen) atoms. The van der Waals surface area contributed by atoms with Gasteiger partial charge < -0.3 is 11.5 Å². The molecule has 1 aromatic carbocycles. The van der Waals surface area contributed by atoms with Crippen LogP contribution in [0.1, 0.15) is 19.4 Å². The molecule has 1 aromatic rings. The van der Waals surface area contributed by atoms with Crippen LogP contribution in [0.15, 0.2) is 48.6 Å². The molecule has 4 N–H and O–H groups in total. The summed E-state index contributed by atoms with van der Waals surface area (Å²) in [5, 5.41) is 0. The van der Waals surface area contributed by atoms with Crippen LogP contribution in [0.5, 0.6) is 0 Å². The molecular formula is C13H18N2. The van der Waals surface area contributed by atoms with Gasteiger partial charge in [0, 0.05) is 6.42 Å². The van der Waals surface area contributed by atoms with Crippen molar-refractivity contribution >= 4 is 5.57 Å². The van der Waals surface area contributed by atoms with E-state index in [-0.39, 0.29) is 7.43 Å². The van der Waals surface area contributed by atoms with E-state index in [1.54, 1.807) is 0 Å². The van der Waals surface area contributed by atoms with Crippen molar-refractivity contribution in [3.8, 4) is 0 Å². The summed E-state index contributed by atoms with van der Waals surface area (Å²) in [6.45, 7) is 0. The Hall–Kier alpha value is -1.38. The molecule has 1 aliphatic rings. The van der Waals surface area contributed by atoms with Gasteiger partial charge in [0.1, 0.15) is 0 Å². The van der Waals surface area contributed by atoms with Crippen molar-refractivity contribution in [3.63, 3.8) is 0 Å². The molecule has 80 valence electrons. The molecule has 0 amide bonds. The van der Waals surface area contributed by atoms with Gasteiger partial charge in [-0.05, 0) is 11.1 Å².